The van der Waals surface area contributed by atoms with Crippen molar-refractivity contribution in [2.24, 2.45) is 13.0 Å². The lowest BCUT2D eigenvalue weighted by atomic mass is 9.98. The van der Waals surface area contributed by atoms with Crippen LogP contribution in [0.25, 0.3) is 0 Å². The lowest BCUT2D eigenvalue weighted by Gasteiger charge is -2.27. The Morgan fingerprint density at radius 2 is 2.19 bits per heavy atom. The minimum Gasteiger partial charge on any atom is -0.342 e. The molecule has 0 spiro atoms. The van der Waals surface area contributed by atoms with Crippen LogP contribution in [0.15, 0.2) is 42.7 Å². The van der Waals surface area contributed by atoms with Gasteiger partial charge < -0.3 is 15.2 Å². The predicted octanol–water partition coefficient (Wildman–Crippen LogP) is 1.24. The van der Waals surface area contributed by atoms with Gasteiger partial charge in [0.2, 0.25) is 5.91 Å². The normalized spacial score (nSPS) is 16.2. The number of aryl methyl sites for hydroxylation is 1. The first-order chi connectivity index (χ1) is 10.2. The molecular weight excluding hydrogens is 264 g/mol. The number of carbonyl (C=O) groups excluding carboxylic acids is 1. The Kier molecular flexibility index (Phi) is 4.01. The quantitative estimate of drug-likeness (QED) is 0.868. The van der Waals surface area contributed by atoms with Crippen molar-refractivity contribution in [3.05, 3.63) is 54.1 Å². The lowest BCUT2D eigenvalue weighted by molar-refractivity contribution is -0.122. The highest BCUT2D eigenvalue weighted by Gasteiger charge is 2.24. The van der Waals surface area contributed by atoms with Gasteiger partial charge in [0.1, 0.15) is 11.9 Å². The summed E-state index contributed by atoms with van der Waals surface area (Å²) >= 11 is 0. The molecule has 21 heavy (non-hydrogen) atoms. The van der Waals surface area contributed by atoms with Crippen molar-refractivity contribution in [3.8, 4) is 0 Å². The van der Waals surface area contributed by atoms with E-state index in [9.17, 15) is 4.79 Å². The molecule has 1 atom stereocenters. The summed E-state index contributed by atoms with van der Waals surface area (Å²) in [5.41, 5.74) is 1.05. The van der Waals surface area contributed by atoms with Gasteiger partial charge in [0, 0.05) is 25.9 Å². The van der Waals surface area contributed by atoms with E-state index in [0.29, 0.717) is 12.3 Å². The third-order valence-corrected chi connectivity index (χ3v) is 3.89. The second-order valence-corrected chi connectivity index (χ2v) is 5.54. The fourth-order valence-electron chi connectivity index (χ4n) is 2.57. The summed E-state index contributed by atoms with van der Waals surface area (Å²) in [6.45, 7) is 1.87. The van der Waals surface area contributed by atoms with Gasteiger partial charge in [0.15, 0.2) is 0 Å². The average molecular weight is 284 g/mol. The molecule has 0 radical (unpaired) electrons. The maximum Gasteiger partial charge on any atom is 0.221 e. The number of imidazole rings is 1. The van der Waals surface area contributed by atoms with Crippen molar-refractivity contribution in [1.82, 2.24) is 20.2 Å². The maximum absolute atomic E-state index is 12.3. The van der Waals surface area contributed by atoms with E-state index in [2.05, 4.69) is 15.6 Å². The molecule has 2 aromatic rings. The Hall–Kier alpha value is -2.14. The first-order valence-corrected chi connectivity index (χ1v) is 7.26. The molecule has 1 unspecified atom stereocenters. The average Bonchev–Trinajstić information content (AvgIpc) is 2.87. The standard InChI is InChI=1S/C16H20N4O/c1-20-8-7-18-16(20)15(13-5-3-2-4-6-13)19-14(21)9-12-10-17-11-12/h2-8,12,15,17H,9-11H2,1H3,(H,19,21). The zero-order chi connectivity index (χ0) is 14.7. The SMILES string of the molecule is Cn1ccnc1C(NC(=O)CC1CNC1)c1ccccc1. The van der Waals surface area contributed by atoms with E-state index in [0.717, 1.165) is 24.5 Å². The molecule has 0 aliphatic carbocycles. The monoisotopic (exact) mass is 284 g/mol. The number of benzene rings is 1. The minimum absolute atomic E-state index is 0.0818. The van der Waals surface area contributed by atoms with Gasteiger partial charge in [-0.25, -0.2) is 4.98 Å². The van der Waals surface area contributed by atoms with Crippen LogP contribution in [0.2, 0.25) is 0 Å². The molecule has 1 aromatic carbocycles. The zero-order valence-electron chi connectivity index (χ0n) is 12.1. The highest BCUT2D eigenvalue weighted by Crippen LogP contribution is 2.21. The highest BCUT2D eigenvalue weighted by atomic mass is 16.1. The summed E-state index contributed by atoms with van der Waals surface area (Å²) in [4.78, 5) is 16.7. The Morgan fingerprint density at radius 1 is 1.43 bits per heavy atom. The van der Waals surface area contributed by atoms with Gasteiger partial charge in [-0.2, -0.15) is 0 Å². The predicted molar refractivity (Wildman–Crippen MR) is 80.6 cm³/mol. The third-order valence-electron chi connectivity index (χ3n) is 3.89. The molecule has 5 heteroatoms. The van der Waals surface area contributed by atoms with Gasteiger partial charge in [-0.15, -0.1) is 0 Å². The number of aromatic nitrogens is 2. The molecule has 1 aromatic heterocycles. The summed E-state index contributed by atoms with van der Waals surface area (Å²) in [6, 6.07) is 9.77. The smallest absolute Gasteiger partial charge is 0.221 e. The van der Waals surface area contributed by atoms with Crippen molar-refractivity contribution >= 4 is 5.91 Å². The summed E-state index contributed by atoms with van der Waals surface area (Å²) in [5, 5.41) is 6.32. The molecule has 1 amide bonds. The Labute approximate surface area is 124 Å². The van der Waals surface area contributed by atoms with Crippen LogP contribution in [-0.2, 0) is 11.8 Å². The third kappa shape index (κ3) is 3.13. The van der Waals surface area contributed by atoms with Crippen LogP contribution in [0.4, 0.5) is 0 Å². The number of hydrogen-bond acceptors (Lipinski definition) is 3. The second kappa shape index (κ2) is 6.10. The first kappa shape index (κ1) is 13.8. The Morgan fingerprint density at radius 3 is 2.76 bits per heavy atom. The molecule has 5 nitrogen and oxygen atoms in total. The van der Waals surface area contributed by atoms with Crippen LogP contribution < -0.4 is 10.6 Å². The van der Waals surface area contributed by atoms with Crippen LogP contribution in [0.3, 0.4) is 0 Å². The fourth-order valence-corrected chi connectivity index (χ4v) is 2.57. The number of nitrogens with zero attached hydrogens (tertiary/aromatic N) is 2. The topological polar surface area (TPSA) is 59.0 Å². The molecule has 2 heterocycles. The van der Waals surface area contributed by atoms with E-state index in [1.807, 2.05) is 48.1 Å². The van der Waals surface area contributed by atoms with Crippen LogP contribution >= 0.6 is 0 Å². The number of amides is 1. The summed E-state index contributed by atoms with van der Waals surface area (Å²) in [5.74, 6) is 1.39. The fraction of sp³-hybridized carbons (Fsp3) is 0.375. The van der Waals surface area contributed by atoms with E-state index in [1.165, 1.54) is 0 Å². The highest BCUT2D eigenvalue weighted by molar-refractivity contribution is 5.77. The maximum atomic E-state index is 12.3. The molecule has 1 saturated heterocycles. The van der Waals surface area contributed by atoms with Crippen molar-refractivity contribution in [2.45, 2.75) is 12.5 Å². The van der Waals surface area contributed by atoms with Gasteiger partial charge in [0.05, 0.1) is 0 Å². The van der Waals surface area contributed by atoms with Gasteiger partial charge >= 0.3 is 0 Å². The van der Waals surface area contributed by atoms with Crippen LogP contribution in [0.5, 0.6) is 0 Å². The molecule has 1 aliphatic rings. The summed E-state index contributed by atoms with van der Waals surface area (Å²) in [6.07, 6.45) is 4.22. The van der Waals surface area contributed by atoms with Crippen molar-refractivity contribution in [3.63, 3.8) is 0 Å². The van der Waals surface area contributed by atoms with Gasteiger partial charge in [-0.1, -0.05) is 30.3 Å². The van der Waals surface area contributed by atoms with E-state index < -0.39 is 0 Å². The molecule has 110 valence electrons. The molecule has 3 rings (SSSR count). The van der Waals surface area contributed by atoms with Crippen LogP contribution in [0.1, 0.15) is 23.9 Å². The van der Waals surface area contributed by atoms with E-state index in [1.54, 1.807) is 6.20 Å². The molecular formula is C16H20N4O. The van der Waals surface area contributed by atoms with E-state index in [-0.39, 0.29) is 11.9 Å². The van der Waals surface area contributed by atoms with Gasteiger partial charge in [-0.05, 0) is 24.6 Å². The molecule has 0 saturated carbocycles. The number of hydrogen-bond donors (Lipinski definition) is 2. The number of carbonyl (C=O) groups is 1. The van der Waals surface area contributed by atoms with Crippen molar-refractivity contribution < 1.29 is 4.79 Å². The number of rotatable bonds is 5. The largest absolute Gasteiger partial charge is 0.342 e. The zero-order valence-corrected chi connectivity index (χ0v) is 12.1. The first-order valence-electron chi connectivity index (χ1n) is 7.26. The van der Waals surface area contributed by atoms with E-state index >= 15 is 0 Å². The van der Waals surface area contributed by atoms with Crippen molar-refractivity contribution in [1.29, 1.82) is 0 Å². The van der Waals surface area contributed by atoms with Crippen LogP contribution in [-0.4, -0.2) is 28.5 Å². The Balaban J connectivity index is 1.79. The molecule has 1 aliphatic heterocycles. The van der Waals surface area contributed by atoms with Crippen LogP contribution in [0, 0.1) is 5.92 Å². The Bertz CT molecular complexity index is 604. The second-order valence-electron chi connectivity index (χ2n) is 5.54. The van der Waals surface area contributed by atoms with Crippen molar-refractivity contribution in [2.75, 3.05) is 13.1 Å². The summed E-state index contributed by atoms with van der Waals surface area (Å²) in [7, 11) is 1.94. The summed E-state index contributed by atoms with van der Waals surface area (Å²) < 4.78 is 1.95. The van der Waals surface area contributed by atoms with Gasteiger partial charge in [-0.3, -0.25) is 4.79 Å². The molecule has 2 N–H and O–H groups in total. The molecule has 1 fully saturated rings. The number of nitrogens with one attached hydrogen (secondary N) is 2. The lowest BCUT2D eigenvalue weighted by Crippen LogP contribution is -2.45. The van der Waals surface area contributed by atoms with Gasteiger partial charge in [0.25, 0.3) is 0 Å². The van der Waals surface area contributed by atoms with E-state index in [4.69, 9.17) is 0 Å². The minimum atomic E-state index is -0.202. The molecule has 0 bridgehead atoms.